The fourth-order valence-electron chi connectivity index (χ4n) is 7.71. The van der Waals surface area contributed by atoms with Crippen molar-refractivity contribution in [1.82, 2.24) is 0 Å². The van der Waals surface area contributed by atoms with Crippen molar-refractivity contribution in [3.63, 3.8) is 0 Å². The second-order valence-electron chi connectivity index (χ2n) is 14.5. The van der Waals surface area contributed by atoms with Crippen molar-refractivity contribution in [3.8, 4) is 33.4 Å². The minimum atomic E-state index is 0.0675. The molecule has 0 N–H and O–H groups in total. The van der Waals surface area contributed by atoms with Gasteiger partial charge in [0.05, 0.1) is 22.4 Å². The van der Waals surface area contributed by atoms with Gasteiger partial charge in [0.1, 0.15) is 11.2 Å². The van der Waals surface area contributed by atoms with E-state index in [-0.39, 0.29) is 5.41 Å². The van der Waals surface area contributed by atoms with E-state index in [0.717, 1.165) is 50.1 Å². The highest BCUT2D eigenvalue weighted by Gasteiger charge is 2.25. The van der Waals surface area contributed by atoms with Gasteiger partial charge < -0.3 is 9.32 Å². The van der Waals surface area contributed by atoms with Gasteiger partial charge in [0.25, 0.3) is 0 Å². The topological polar surface area (TPSA) is 16.4 Å². The van der Waals surface area contributed by atoms with Gasteiger partial charge in [-0.15, -0.1) is 0 Å². The molecule has 0 fully saturated rings. The van der Waals surface area contributed by atoms with Crippen molar-refractivity contribution >= 4 is 49.8 Å². The van der Waals surface area contributed by atoms with Gasteiger partial charge in [0, 0.05) is 16.5 Å². The SMILES string of the molecule is CC(C)(C)c1ccc(-c2ccccc2N(c2ccccc2-c2cccc3cccc(-c4ccccc4)c23)c2cccc3oc4ccccc4c23)cc1. The Morgan fingerprint density at radius 1 is 0.385 bits per heavy atom. The van der Waals surface area contributed by atoms with E-state index >= 15 is 0 Å². The highest BCUT2D eigenvalue weighted by molar-refractivity contribution is 6.15. The number of para-hydroxylation sites is 3. The maximum Gasteiger partial charge on any atom is 0.137 e. The lowest BCUT2D eigenvalue weighted by Gasteiger charge is -2.31. The van der Waals surface area contributed by atoms with E-state index in [2.05, 4.69) is 202 Å². The molecule has 0 aliphatic carbocycles. The second kappa shape index (κ2) is 12.7. The molecule has 9 aromatic rings. The predicted octanol–water partition coefficient (Wildman–Crippen LogP) is 14.5. The van der Waals surface area contributed by atoms with Crippen molar-refractivity contribution in [1.29, 1.82) is 0 Å². The van der Waals surface area contributed by atoms with Gasteiger partial charge in [-0.2, -0.15) is 0 Å². The molecule has 2 heteroatoms. The lowest BCUT2D eigenvalue weighted by atomic mass is 9.86. The number of hydrogen-bond donors (Lipinski definition) is 0. The zero-order chi connectivity index (χ0) is 35.2. The third kappa shape index (κ3) is 5.45. The van der Waals surface area contributed by atoms with Crippen molar-refractivity contribution in [3.05, 3.63) is 188 Å². The van der Waals surface area contributed by atoms with Crippen LogP contribution in [0.3, 0.4) is 0 Å². The van der Waals surface area contributed by atoms with Gasteiger partial charge in [0.2, 0.25) is 0 Å². The van der Waals surface area contributed by atoms with E-state index < -0.39 is 0 Å². The molecule has 0 amide bonds. The quantitative estimate of drug-likeness (QED) is 0.175. The van der Waals surface area contributed by atoms with E-state index in [0.29, 0.717) is 0 Å². The van der Waals surface area contributed by atoms with E-state index in [1.807, 2.05) is 6.07 Å². The van der Waals surface area contributed by atoms with Crippen molar-refractivity contribution in [2.75, 3.05) is 4.90 Å². The zero-order valence-electron chi connectivity index (χ0n) is 29.7. The molecule has 8 aromatic carbocycles. The van der Waals surface area contributed by atoms with E-state index in [9.17, 15) is 0 Å². The van der Waals surface area contributed by atoms with Crippen molar-refractivity contribution in [2.24, 2.45) is 0 Å². The summed E-state index contributed by atoms with van der Waals surface area (Å²) < 4.78 is 6.49. The van der Waals surface area contributed by atoms with Crippen LogP contribution in [0.5, 0.6) is 0 Å². The van der Waals surface area contributed by atoms with Gasteiger partial charge in [0.15, 0.2) is 0 Å². The summed E-state index contributed by atoms with van der Waals surface area (Å²) >= 11 is 0. The Labute approximate surface area is 305 Å². The molecule has 0 aliphatic rings. The largest absolute Gasteiger partial charge is 0.456 e. The average molecular weight is 670 g/mol. The minimum Gasteiger partial charge on any atom is -0.456 e. The summed E-state index contributed by atoms with van der Waals surface area (Å²) in [6.07, 6.45) is 0. The van der Waals surface area contributed by atoms with Crippen LogP contribution in [0.2, 0.25) is 0 Å². The first-order valence-electron chi connectivity index (χ1n) is 18.0. The summed E-state index contributed by atoms with van der Waals surface area (Å²) in [5.74, 6) is 0. The predicted molar refractivity (Wildman–Crippen MR) is 221 cm³/mol. The smallest absolute Gasteiger partial charge is 0.137 e. The van der Waals surface area contributed by atoms with E-state index in [1.165, 1.54) is 38.6 Å². The molecule has 0 spiro atoms. The van der Waals surface area contributed by atoms with Crippen LogP contribution in [0.4, 0.5) is 17.1 Å². The molecule has 1 aromatic heterocycles. The third-order valence-electron chi connectivity index (χ3n) is 10.3. The molecule has 0 unspecified atom stereocenters. The molecule has 0 saturated heterocycles. The first-order chi connectivity index (χ1) is 25.5. The summed E-state index contributed by atoms with van der Waals surface area (Å²) in [6, 6.07) is 65.6. The van der Waals surface area contributed by atoms with Crippen LogP contribution in [-0.2, 0) is 5.41 Å². The van der Waals surface area contributed by atoms with Crippen LogP contribution >= 0.6 is 0 Å². The van der Waals surface area contributed by atoms with E-state index in [1.54, 1.807) is 0 Å². The number of rotatable bonds is 6. The molecule has 0 bridgehead atoms. The normalized spacial score (nSPS) is 11.8. The summed E-state index contributed by atoms with van der Waals surface area (Å²) in [6.45, 7) is 6.79. The lowest BCUT2D eigenvalue weighted by molar-refractivity contribution is 0.590. The summed E-state index contributed by atoms with van der Waals surface area (Å²) in [5.41, 5.74) is 13.5. The molecule has 9 rings (SSSR count). The van der Waals surface area contributed by atoms with Crippen LogP contribution in [-0.4, -0.2) is 0 Å². The number of furan rings is 1. The third-order valence-corrected chi connectivity index (χ3v) is 10.3. The number of hydrogen-bond acceptors (Lipinski definition) is 2. The van der Waals surface area contributed by atoms with E-state index in [4.69, 9.17) is 4.42 Å². The van der Waals surface area contributed by atoms with Gasteiger partial charge in [-0.3, -0.25) is 0 Å². The van der Waals surface area contributed by atoms with Gasteiger partial charge in [-0.25, -0.2) is 0 Å². The van der Waals surface area contributed by atoms with Gasteiger partial charge in [-0.1, -0.05) is 172 Å². The Bertz CT molecular complexity index is 2710. The molecule has 0 atom stereocenters. The summed E-state index contributed by atoms with van der Waals surface area (Å²) in [4.78, 5) is 2.45. The Hall–Kier alpha value is -6.38. The molecular formula is C50H39NO. The average Bonchev–Trinajstić information content (AvgIpc) is 3.58. The maximum absolute atomic E-state index is 6.49. The number of nitrogens with zero attached hydrogens (tertiary/aromatic N) is 1. The molecular weight excluding hydrogens is 631 g/mol. The first-order valence-corrected chi connectivity index (χ1v) is 18.0. The lowest BCUT2D eigenvalue weighted by Crippen LogP contribution is -2.13. The highest BCUT2D eigenvalue weighted by Crippen LogP contribution is 2.49. The van der Waals surface area contributed by atoms with Gasteiger partial charge in [-0.05, 0) is 74.3 Å². The number of fused-ring (bicyclic) bond motifs is 4. The Balaban J connectivity index is 1.35. The zero-order valence-corrected chi connectivity index (χ0v) is 29.7. The van der Waals surface area contributed by atoms with Gasteiger partial charge >= 0.3 is 0 Å². The number of anilines is 3. The molecule has 52 heavy (non-hydrogen) atoms. The van der Waals surface area contributed by atoms with Crippen LogP contribution in [0.15, 0.2) is 186 Å². The Morgan fingerprint density at radius 2 is 0.923 bits per heavy atom. The fourth-order valence-corrected chi connectivity index (χ4v) is 7.71. The monoisotopic (exact) mass is 669 g/mol. The Morgan fingerprint density at radius 3 is 1.67 bits per heavy atom. The molecule has 0 saturated carbocycles. The molecule has 250 valence electrons. The standard InChI is InChI=1S/C50H39NO/c1-50(2,3)37-32-30-35(31-33-37)38-20-7-10-25-43(38)51(45-27-15-29-47-49(45)42-22-9-12-28-46(42)52-47)44-26-11-8-21-40(44)41-24-14-19-36-18-13-23-39(48(36)41)34-16-5-4-6-17-34/h4-33H,1-3H3. The maximum atomic E-state index is 6.49. The molecule has 2 nitrogen and oxygen atoms in total. The second-order valence-corrected chi connectivity index (χ2v) is 14.5. The minimum absolute atomic E-state index is 0.0675. The molecule has 0 radical (unpaired) electrons. The molecule has 0 aliphatic heterocycles. The summed E-state index contributed by atoms with van der Waals surface area (Å²) in [5, 5.41) is 4.64. The van der Waals surface area contributed by atoms with Crippen LogP contribution < -0.4 is 4.90 Å². The van der Waals surface area contributed by atoms with Crippen LogP contribution in [0.1, 0.15) is 26.3 Å². The van der Waals surface area contributed by atoms with Crippen LogP contribution in [0.25, 0.3) is 66.1 Å². The first kappa shape index (κ1) is 31.6. The summed E-state index contributed by atoms with van der Waals surface area (Å²) in [7, 11) is 0. The number of benzene rings is 8. The fraction of sp³-hybridized carbons (Fsp3) is 0.0800. The molecule has 1 heterocycles. The highest BCUT2D eigenvalue weighted by atomic mass is 16.3. The van der Waals surface area contributed by atoms with Crippen molar-refractivity contribution in [2.45, 2.75) is 26.2 Å². The Kier molecular flexibility index (Phi) is 7.74. The van der Waals surface area contributed by atoms with Crippen LogP contribution in [0, 0.1) is 0 Å². The van der Waals surface area contributed by atoms with Crippen molar-refractivity contribution < 1.29 is 4.42 Å².